The number of aryl methyl sites for hydroxylation is 2. The number of hydrogen-bond acceptors (Lipinski definition) is 10. The lowest BCUT2D eigenvalue weighted by atomic mass is 10.0. The Bertz CT molecular complexity index is 1510. The molecule has 0 radical (unpaired) electrons. The molecule has 64 heavy (non-hydrogen) atoms. The molecule has 0 saturated carbocycles. The lowest BCUT2D eigenvalue weighted by molar-refractivity contribution is -0.870. The number of rotatable bonds is 42. The minimum atomic E-state index is -4.66. The molecule has 1 heterocycles. The van der Waals surface area contributed by atoms with Crippen LogP contribution in [0.1, 0.15) is 184 Å². The number of phosphoric ester groups is 1. The van der Waals surface area contributed by atoms with Gasteiger partial charge in [-0.15, -0.1) is 0 Å². The first-order valence-corrected chi connectivity index (χ1v) is 26.3. The van der Waals surface area contributed by atoms with Crippen molar-refractivity contribution in [2.75, 3.05) is 54.1 Å². The maximum absolute atomic E-state index is 12.8. The van der Waals surface area contributed by atoms with Crippen LogP contribution < -0.4 is 4.89 Å². The van der Waals surface area contributed by atoms with Gasteiger partial charge in [-0.3, -0.25) is 14.2 Å². The molecule has 11 nitrogen and oxygen atoms in total. The van der Waals surface area contributed by atoms with E-state index in [4.69, 9.17) is 28.0 Å². The molecular weight excluding hydrogens is 830 g/mol. The standard InChI is InChI=1S/C52H90NO10P/c1-7-8-32-37-49-46(2)47(3)50(63-49)38-33-28-24-20-17-18-22-26-30-35-40-52(56)62-48(45-61-64(57,58)60-43-41-53(4,5)6)44-59-51(55)39-34-29-25-21-16-14-12-10-9-11-13-15-19-23-27-31-36-42-54/h9,11-12,14-15,19,21,25,48,54H,7-8,10,13,16-18,20,22-24,26-45H2,1-6H3/b11-9-,14-12-,19-15-,25-21-/t48-/m1/s1. The van der Waals surface area contributed by atoms with Crippen LogP contribution in [0.15, 0.2) is 53.0 Å². The molecule has 0 amide bonds. The van der Waals surface area contributed by atoms with Gasteiger partial charge in [-0.05, 0) is 95.6 Å². The lowest BCUT2D eigenvalue weighted by Gasteiger charge is -2.28. The number of aliphatic hydroxyl groups is 1. The first kappa shape index (κ1) is 59.2. The predicted octanol–water partition coefficient (Wildman–Crippen LogP) is 12.2. The van der Waals surface area contributed by atoms with Crippen molar-refractivity contribution in [1.29, 1.82) is 0 Å². The van der Waals surface area contributed by atoms with Gasteiger partial charge in [0.1, 0.15) is 31.3 Å². The SMILES string of the molecule is CCCCCc1oc(CCCCCCCCCCCCC(=O)O[C@H](COC(=O)CCC/C=C\C/C=C\C/C=C\C/C=C\CCCCCO)COP(=O)([O-])OCC[N+](C)(C)C)c(C)c1C. The summed E-state index contributed by atoms with van der Waals surface area (Å²) in [5.41, 5.74) is 2.68. The minimum Gasteiger partial charge on any atom is -0.756 e. The van der Waals surface area contributed by atoms with E-state index in [0.29, 0.717) is 30.3 Å². The Morgan fingerprint density at radius 3 is 1.67 bits per heavy atom. The molecule has 2 atom stereocenters. The topological polar surface area (TPSA) is 145 Å². The summed E-state index contributed by atoms with van der Waals surface area (Å²) in [6.07, 6.45) is 41.2. The molecule has 1 aromatic rings. The van der Waals surface area contributed by atoms with E-state index in [9.17, 15) is 19.0 Å². The van der Waals surface area contributed by atoms with Crippen LogP contribution in [0.2, 0.25) is 0 Å². The summed E-state index contributed by atoms with van der Waals surface area (Å²) in [5.74, 6) is 1.43. The van der Waals surface area contributed by atoms with E-state index >= 15 is 0 Å². The van der Waals surface area contributed by atoms with Gasteiger partial charge in [-0.1, -0.05) is 126 Å². The average Bonchev–Trinajstić information content (AvgIpc) is 3.51. The van der Waals surface area contributed by atoms with Gasteiger partial charge in [0.25, 0.3) is 7.82 Å². The quantitative estimate of drug-likeness (QED) is 0.0221. The third-order valence-corrected chi connectivity index (χ3v) is 12.1. The van der Waals surface area contributed by atoms with Crippen molar-refractivity contribution in [3.8, 4) is 0 Å². The van der Waals surface area contributed by atoms with Crippen molar-refractivity contribution in [2.24, 2.45) is 0 Å². The van der Waals surface area contributed by atoms with Crippen LogP contribution in [-0.2, 0) is 45.5 Å². The Labute approximate surface area is 389 Å². The Balaban J connectivity index is 2.33. The van der Waals surface area contributed by atoms with Crippen molar-refractivity contribution in [2.45, 2.75) is 194 Å². The predicted molar refractivity (Wildman–Crippen MR) is 259 cm³/mol. The van der Waals surface area contributed by atoms with Crippen LogP contribution in [0.5, 0.6) is 0 Å². The number of unbranched alkanes of at least 4 members (excludes halogenated alkanes) is 15. The fourth-order valence-corrected chi connectivity index (χ4v) is 7.65. The number of carbonyl (C=O) groups is 2. The van der Waals surface area contributed by atoms with Crippen molar-refractivity contribution in [1.82, 2.24) is 0 Å². The van der Waals surface area contributed by atoms with Gasteiger partial charge in [0.15, 0.2) is 6.10 Å². The van der Waals surface area contributed by atoms with Crippen molar-refractivity contribution >= 4 is 19.8 Å². The van der Waals surface area contributed by atoms with Crippen LogP contribution in [0.4, 0.5) is 0 Å². The number of likely N-dealkylation sites (N-methyl/N-ethyl adjacent to an activating group) is 1. The number of quaternary nitrogens is 1. The monoisotopic (exact) mass is 920 g/mol. The summed E-state index contributed by atoms with van der Waals surface area (Å²) in [7, 11) is 1.10. The first-order valence-electron chi connectivity index (χ1n) is 24.8. The molecule has 0 spiro atoms. The molecule has 368 valence electrons. The summed E-state index contributed by atoms with van der Waals surface area (Å²) >= 11 is 0. The summed E-state index contributed by atoms with van der Waals surface area (Å²) in [6, 6.07) is 0. The molecule has 1 N–H and O–H groups in total. The molecule has 0 bridgehead atoms. The maximum Gasteiger partial charge on any atom is 0.306 e. The van der Waals surface area contributed by atoms with Crippen LogP contribution >= 0.6 is 7.82 Å². The van der Waals surface area contributed by atoms with E-state index in [1.54, 1.807) is 0 Å². The summed E-state index contributed by atoms with van der Waals surface area (Å²) in [5, 5.41) is 8.81. The molecule has 1 rings (SSSR count). The average molecular weight is 920 g/mol. The Kier molecular flexibility index (Phi) is 35.5. The van der Waals surface area contributed by atoms with Gasteiger partial charge in [-0.25, -0.2) is 0 Å². The smallest absolute Gasteiger partial charge is 0.306 e. The van der Waals surface area contributed by atoms with E-state index in [2.05, 4.69) is 63.3 Å². The highest BCUT2D eigenvalue weighted by molar-refractivity contribution is 7.45. The van der Waals surface area contributed by atoms with E-state index in [1.165, 1.54) is 80.4 Å². The van der Waals surface area contributed by atoms with Gasteiger partial charge < -0.3 is 37.4 Å². The van der Waals surface area contributed by atoms with Crippen molar-refractivity contribution in [3.63, 3.8) is 0 Å². The van der Waals surface area contributed by atoms with Crippen molar-refractivity contribution < 1.29 is 51.6 Å². The minimum absolute atomic E-state index is 0.0512. The maximum atomic E-state index is 12.8. The number of aliphatic hydroxyl groups excluding tert-OH is 1. The Hall–Kier alpha value is -2.79. The molecule has 0 aromatic carbocycles. The van der Waals surface area contributed by atoms with Gasteiger partial charge in [0.05, 0.1) is 27.7 Å². The fraction of sp³-hybridized carbons (Fsp3) is 0.731. The summed E-state index contributed by atoms with van der Waals surface area (Å²) in [6.45, 7) is 6.50. The van der Waals surface area contributed by atoms with Crippen LogP contribution in [0.25, 0.3) is 0 Å². The highest BCUT2D eigenvalue weighted by atomic mass is 31.2. The summed E-state index contributed by atoms with van der Waals surface area (Å²) in [4.78, 5) is 37.7. The molecule has 0 fully saturated rings. The molecule has 0 aliphatic carbocycles. The normalized spacial score (nSPS) is 13.8. The largest absolute Gasteiger partial charge is 0.756 e. The van der Waals surface area contributed by atoms with E-state index < -0.39 is 32.5 Å². The second kappa shape index (κ2) is 38.3. The Morgan fingerprint density at radius 2 is 1.12 bits per heavy atom. The number of furan rings is 1. The van der Waals surface area contributed by atoms with Gasteiger partial charge in [-0.2, -0.15) is 0 Å². The van der Waals surface area contributed by atoms with Gasteiger partial charge in [0, 0.05) is 32.3 Å². The first-order chi connectivity index (χ1) is 30.8. The fourth-order valence-electron chi connectivity index (χ4n) is 6.92. The lowest BCUT2D eigenvalue weighted by Crippen LogP contribution is -2.37. The van der Waals surface area contributed by atoms with Gasteiger partial charge >= 0.3 is 11.9 Å². The zero-order chi connectivity index (χ0) is 47.2. The van der Waals surface area contributed by atoms with Crippen LogP contribution in [-0.4, -0.2) is 81.7 Å². The number of ether oxygens (including phenoxy) is 2. The summed E-state index contributed by atoms with van der Waals surface area (Å²) < 4.78 is 40.2. The highest BCUT2D eigenvalue weighted by Gasteiger charge is 2.22. The number of nitrogens with zero attached hydrogens (tertiary/aromatic N) is 1. The van der Waals surface area contributed by atoms with E-state index in [1.807, 2.05) is 27.2 Å². The van der Waals surface area contributed by atoms with Crippen LogP contribution in [0.3, 0.4) is 0 Å². The molecule has 0 aliphatic rings. The molecule has 1 aromatic heterocycles. The second-order valence-electron chi connectivity index (χ2n) is 18.1. The molecule has 1 unspecified atom stereocenters. The number of phosphoric acid groups is 1. The van der Waals surface area contributed by atoms with Crippen LogP contribution in [0, 0.1) is 13.8 Å². The second-order valence-corrected chi connectivity index (χ2v) is 19.5. The molecular formula is C52H90NO10P. The van der Waals surface area contributed by atoms with Crippen molar-refractivity contribution in [3.05, 3.63) is 71.3 Å². The van der Waals surface area contributed by atoms with E-state index in [-0.39, 0.29) is 32.7 Å². The number of allylic oxidation sites excluding steroid dienone is 8. The third kappa shape index (κ3) is 34.5. The zero-order valence-electron chi connectivity index (χ0n) is 41.1. The third-order valence-electron chi connectivity index (χ3n) is 11.1. The molecule has 12 heteroatoms. The number of carbonyl (C=O) groups excluding carboxylic acids is 2. The number of esters is 2. The molecule has 0 saturated heterocycles. The number of hydrogen-bond donors (Lipinski definition) is 1. The zero-order valence-corrected chi connectivity index (χ0v) is 42.0. The molecule has 0 aliphatic heterocycles. The van der Waals surface area contributed by atoms with E-state index in [0.717, 1.165) is 77.0 Å². The Morgan fingerprint density at radius 1 is 0.641 bits per heavy atom. The van der Waals surface area contributed by atoms with Gasteiger partial charge in [0.2, 0.25) is 0 Å². The highest BCUT2D eigenvalue weighted by Crippen LogP contribution is 2.38.